The number of rotatable bonds is 7. The molecule has 0 saturated carbocycles. The first-order valence-electron chi connectivity index (χ1n) is 10.2. The zero-order chi connectivity index (χ0) is 22.8. The molecule has 31 heavy (non-hydrogen) atoms. The van der Waals surface area contributed by atoms with Crippen LogP contribution in [0.5, 0.6) is 0 Å². The molecule has 4 nitrogen and oxygen atoms in total. The second-order valence-corrected chi connectivity index (χ2v) is 8.42. The van der Waals surface area contributed by atoms with Crippen LogP contribution in [0, 0.1) is 13.8 Å². The molecule has 0 unspecified atom stereocenters. The van der Waals surface area contributed by atoms with E-state index in [0.29, 0.717) is 18.2 Å². The highest BCUT2D eigenvalue weighted by atomic mass is 32.1. The molecule has 2 aromatic carbocycles. The van der Waals surface area contributed by atoms with Crippen molar-refractivity contribution in [2.75, 3.05) is 31.1 Å². The van der Waals surface area contributed by atoms with Crippen molar-refractivity contribution in [2.45, 2.75) is 33.9 Å². The van der Waals surface area contributed by atoms with E-state index in [1.54, 1.807) is 0 Å². The number of benzene rings is 2. The molecule has 3 rings (SSSR count). The fraction of sp³-hybridized carbons (Fsp3) is 0.391. The summed E-state index contributed by atoms with van der Waals surface area (Å²) in [6.07, 6.45) is -4.51. The molecule has 0 spiro atoms. The second kappa shape index (κ2) is 9.36. The van der Waals surface area contributed by atoms with E-state index >= 15 is 0 Å². The van der Waals surface area contributed by atoms with Crippen LogP contribution in [0.25, 0.3) is 10.2 Å². The van der Waals surface area contributed by atoms with E-state index in [0.717, 1.165) is 46.6 Å². The molecule has 166 valence electrons. The predicted molar refractivity (Wildman–Crippen MR) is 120 cm³/mol. The maximum atomic E-state index is 13.3. The van der Waals surface area contributed by atoms with Gasteiger partial charge >= 0.3 is 6.18 Å². The third kappa shape index (κ3) is 5.07. The van der Waals surface area contributed by atoms with Crippen LogP contribution >= 0.6 is 11.3 Å². The van der Waals surface area contributed by atoms with Gasteiger partial charge in [-0.3, -0.25) is 9.69 Å². The summed E-state index contributed by atoms with van der Waals surface area (Å²) in [5, 5.41) is 0.498. The number of alkyl halides is 3. The summed E-state index contributed by atoms with van der Waals surface area (Å²) in [6, 6.07) is 8.55. The Kier molecular flexibility index (Phi) is 7.01. The number of fused-ring (bicyclic) bond motifs is 1. The van der Waals surface area contributed by atoms with Gasteiger partial charge in [0.15, 0.2) is 5.13 Å². The van der Waals surface area contributed by atoms with Gasteiger partial charge in [-0.25, -0.2) is 4.98 Å². The SMILES string of the molecule is CCN(CC)CCN(C(=O)c1cccc(C(F)(F)F)c1)c1nc2c(C)c(C)ccc2s1. The Morgan fingerprint density at radius 2 is 1.77 bits per heavy atom. The molecule has 0 saturated heterocycles. The minimum Gasteiger partial charge on any atom is -0.302 e. The fourth-order valence-electron chi connectivity index (χ4n) is 3.38. The van der Waals surface area contributed by atoms with Crippen LogP contribution in [-0.4, -0.2) is 42.0 Å². The van der Waals surface area contributed by atoms with Gasteiger partial charge in [0.25, 0.3) is 5.91 Å². The number of amides is 1. The zero-order valence-electron chi connectivity index (χ0n) is 18.1. The maximum Gasteiger partial charge on any atom is 0.416 e. The molecular weight excluding hydrogens is 423 g/mol. The van der Waals surface area contributed by atoms with Crippen molar-refractivity contribution >= 4 is 32.6 Å². The Bertz CT molecular complexity index is 1070. The van der Waals surface area contributed by atoms with Crippen LogP contribution in [0.1, 0.15) is 40.9 Å². The number of likely N-dealkylation sites (N-methyl/N-ethyl adjacent to an activating group) is 1. The summed E-state index contributed by atoms with van der Waals surface area (Å²) in [5.41, 5.74) is 2.13. The van der Waals surface area contributed by atoms with Crippen LogP contribution in [0.4, 0.5) is 18.3 Å². The molecule has 0 N–H and O–H groups in total. The van der Waals surface area contributed by atoms with Crippen molar-refractivity contribution in [3.8, 4) is 0 Å². The van der Waals surface area contributed by atoms with Gasteiger partial charge in [-0.05, 0) is 62.3 Å². The van der Waals surface area contributed by atoms with E-state index in [1.807, 2.05) is 39.8 Å². The van der Waals surface area contributed by atoms with Gasteiger partial charge in [-0.15, -0.1) is 0 Å². The molecule has 1 amide bonds. The number of hydrogen-bond donors (Lipinski definition) is 0. The van der Waals surface area contributed by atoms with E-state index in [1.165, 1.54) is 28.4 Å². The van der Waals surface area contributed by atoms with Crippen molar-refractivity contribution in [1.82, 2.24) is 9.88 Å². The van der Waals surface area contributed by atoms with Crippen molar-refractivity contribution < 1.29 is 18.0 Å². The van der Waals surface area contributed by atoms with Crippen molar-refractivity contribution in [2.24, 2.45) is 0 Å². The number of aryl methyl sites for hydroxylation is 2. The number of anilines is 1. The Morgan fingerprint density at radius 1 is 1.06 bits per heavy atom. The van der Waals surface area contributed by atoms with E-state index in [4.69, 9.17) is 4.98 Å². The van der Waals surface area contributed by atoms with Crippen LogP contribution < -0.4 is 4.90 Å². The zero-order valence-corrected chi connectivity index (χ0v) is 18.9. The number of nitrogens with zero attached hydrogens (tertiary/aromatic N) is 3. The molecule has 0 atom stereocenters. The summed E-state index contributed by atoms with van der Waals surface area (Å²) in [7, 11) is 0. The van der Waals surface area contributed by atoms with Crippen LogP contribution in [0.3, 0.4) is 0 Å². The quantitative estimate of drug-likeness (QED) is 0.449. The fourth-order valence-corrected chi connectivity index (χ4v) is 4.43. The first-order valence-corrected chi connectivity index (χ1v) is 11.1. The predicted octanol–water partition coefficient (Wildman–Crippen LogP) is 5.92. The molecule has 0 aliphatic carbocycles. The second-order valence-electron chi connectivity index (χ2n) is 7.41. The average molecular weight is 450 g/mol. The van der Waals surface area contributed by atoms with Crippen LogP contribution in [0.15, 0.2) is 36.4 Å². The topological polar surface area (TPSA) is 36.4 Å². The Balaban J connectivity index is 2.02. The highest BCUT2D eigenvalue weighted by Crippen LogP contribution is 2.34. The summed E-state index contributed by atoms with van der Waals surface area (Å²) in [5.74, 6) is -0.480. The van der Waals surface area contributed by atoms with Gasteiger partial charge in [0, 0.05) is 18.7 Å². The van der Waals surface area contributed by atoms with E-state index < -0.39 is 17.6 Å². The number of carbonyl (C=O) groups is 1. The molecule has 0 aliphatic rings. The molecule has 3 aromatic rings. The standard InChI is InChI=1S/C23H26F3N3OS/c1-5-28(6-2)12-13-29(21(30)17-8-7-9-18(14-17)23(24,25)26)22-27-20-16(4)15(3)10-11-19(20)31-22/h7-11,14H,5-6,12-13H2,1-4H3. The number of halogens is 3. The average Bonchev–Trinajstić information content (AvgIpc) is 3.18. The van der Waals surface area contributed by atoms with E-state index in [2.05, 4.69) is 4.90 Å². The van der Waals surface area contributed by atoms with E-state index in [9.17, 15) is 18.0 Å². The normalized spacial score (nSPS) is 12.0. The van der Waals surface area contributed by atoms with Gasteiger partial charge in [0.1, 0.15) is 0 Å². The Morgan fingerprint density at radius 3 is 2.42 bits per heavy atom. The molecule has 0 aliphatic heterocycles. The number of aromatic nitrogens is 1. The number of hydrogen-bond acceptors (Lipinski definition) is 4. The van der Waals surface area contributed by atoms with Crippen LogP contribution in [0.2, 0.25) is 0 Å². The lowest BCUT2D eigenvalue weighted by atomic mass is 10.1. The number of thiazole rings is 1. The first-order chi connectivity index (χ1) is 14.7. The van der Waals surface area contributed by atoms with E-state index in [-0.39, 0.29) is 5.56 Å². The van der Waals surface area contributed by atoms with Crippen molar-refractivity contribution in [3.05, 3.63) is 58.7 Å². The highest BCUT2D eigenvalue weighted by molar-refractivity contribution is 7.22. The van der Waals surface area contributed by atoms with Crippen molar-refractivity contribution in [1.29, 1.82) is 0 Å². The van der Waals surface area contributed by atoms with Gasteiger partial charge in [-0.2, -0.15) is 13.2 Å². The minimum absolute atomic E-state index is 0.00142. The van der Waals surface area contributed by atoms with Gasteiger partial charge < -0.3 is 4.90 Å². The molecule has 1 heterocycles. The minimum atomic E-state index is -4.51. The first kappa shape index (κ1) is 23.2. The summed E-state index contributed by atoms with van der Waals surface area (Å²) >= 11 is 1.38. The Hall–Kier alpha value is -2.45. The smallest absolute Gasteiger partial charge is 0.302 e. The molecule has 0 fully saturated rings. The lowest BCUT2D eigenvalue weighted by Gasteiger charge is -2.25. The third-order valence-corrected chi connectivity index (χ3v) is 6.56. The molecule has 8 heteroatoms. The summed E-state index contributed by atoms with van der Waals surface area (Å²) < 4.78 is 40.5. The van der Waals surface area contributed by atoms with Gasteiger partial charge in [0.2, 0.25) is 0 Å². The van der Waals surface area contributed by atoms with Gasteiger partial charge in [0.05, 0.1) is 15.8 Å². The van der Waals surface area contributed by atoms with Gasteiger partial charge in [-0.1, -0.05) is 37.3 Å². The summed E-state index contributed by atoms with van der Waals surface area (Å²) in [4.78, 5) is 21.7. The monoisotopic (exact) mass is 449 g/mol. The van der Waals surface area contributed by atoms with Crippen LogP contribution in [-0.2, 0) is 6.18 Å². The highest BCUT2D eigenvalue weighted by Gasteiger charge is 2.32. The molecular formula is C23H26F3N3OS. The Labute approximate surface area is 184 Å². The third-order valence-electron chi connectivity index (χ3n) is 5.52. The largest absolute Gasteiger partial charge is 0.416 e. The van der Waals surface area contributed by atoms with Crippen molar-refractivity contribution in [3.63, 3.8) is 0 Å². The lowest BCUT2D eigenvalue weighted by molar-refractivity contribution is -0.137. The lowest BCUT2D eigenvalue weighted by Crippen LogP contribution is -2.39. The maximum absolute atomic E-state index is 13.3. The molecule has 0 radical (unpaired) electrons. The number of carbonyl (C=O) groups excluding carboxylic acids is 1. The summed E-state index contributed by atoms with van der Waals surface area (Å²) in [6.45, 7) is 10.6. The molecule has 0 bridgehead atoms. The molecule has 1 aromatic heterocycles.